The summed E-state index contributed by atoms with van der Waals surface area (Å²) in [5, 5.41) is 2.20. The molecule has 0 aromatic heterocycles. The summed E-state index contributed by atoms with van der Waals surface area (Å²) in [6, 6.07) is 12.1. The van der Waals surface area contributed by atoms with E-state index in [2.05, 4.69) is 26.1 Å². The van der Waals surface area contributed by atoms with Crippen molar-refractivity contribution in [2.75, 3.05) is 20.8 Å². The molecule has 7 nitrogen and oxygen atoms in total. The molecule has 1 N–H and O–H groups in total. The minimum Gasteiger partial charge on any atom is -0.497 e. The molecule has 0 radical (unpaired) electrons. The topological polar surface area (TPSA) is 90.9 Å². The zero-order chi connectivity index (χ0) is 23.0. The van der Waals surface area contributed by atoms with E-state index in [0.29, 0.717) is 22.6 Å². The lowest BCUT2D eigenvalue weighted by Crippen LogP contribution is -2.34. The molecule has 0 heterocycles. The van der Waals surface area contributed by atoms with Crippen LogP contribution in [-0.4, -0.2) is 38.6 Å². The summed E-state index contributed by atoms with van der Waals surface area (Å²) in [5.41, 5.74) is 1.99. The first-order valence-electron chi connectivity index (χ1n) is 9.65. The van der Waals surface area contributed by atoms with Crippen molar-refractivity contribution < 1.29 is 28.6 Å². The molecule has 0 unspecified atom stereocenters. The standard InChI is InChI=1S/C24H27NO6/c1-24(2,3)18-9-6-16(7-10-18)23(28)25-21(26)15-31-22(27)13-8-17-14-19(29-4)11-12-20(17)30-5/h6-14H,15H2,1-5H3,(H,25,26,28)/b13-8+. The number of imide groups is 1. The molecule has 0 bridgehead atoms. The number of methoxy groups -OCH3 is 2. The monoisotopic (exact) mass is 425 g/mol. The number of hydrogen-bond acceptors (Lipinski definition) is 6. The first-order chi connectivity index (χ1) is 14.6. The van der Waals surface area contributed by atoms with Gasteiger partial charge in [-0.1, -0.05) is 32.9 Å². The first kappa shape index (κ1) is 23.7. The third kappa shape index (κ3) is 6.99. The molecule has 0 saturated carbocycles. The fraction of sp³-hybridized carbons (Fsp3) is 0.292. The minimum atomic E-state index is -0.734. The Morgan fingerprint density at radius 1 is 0.968 bits per heavy atom. The van der Waals surface area contributed by atoms with Gasteiger partial charge in [0.15, 0.2) is 6.61 Å². The second kappa shape index (κ2) is 10.4. The Morgan fingerprint density at radius 2 is 1.65 bits per heavy atom. The maximum atomic E-state index is 12.2. The van der Waals surface area contributed by atoms with Gasteiger partial charge in [-0.15, -0.1) is 0 Å². The van der Waals surface area contributed by atoms with Crippen LogP contribution in [0.5, 0.6) is 11.5 Å². The lowest BCUT2D eigenvalue weighted by Gasteiger charge is -2.18. The molecule has 0 atom stereocenters. The van der Waals surface area contributed by atoms with Crippen LogP contribution in [0.2, 0.25) is 0 Å². The average molecular weight is 425 g/mol. The van der Waals surface area contributed by atoms with E-state index in [4.69, 9.17) is 14.2 Å². The first-order valence-corrected chi connectivity index (χ1v) is 9.65. The Bertz CT molecular complexity index is 971. The Labute approximate surface area is 182 Å². The summed E-state index contributed by atoms with van der Waals surface area (Å²) in [6.07, 6.45) is 2.65. The average Bonchev–Trinajstić information content (AvgIpc) is 2.75. The summed E-state index contributed by atoms with van der Waals surface area (Å²) in [5.74, 6) is -0.862. The highest BCUT2D eigenvalue weighted by Crippen LogP contribution is 2.25. The van der Waals surface area contributed by atoms with Crippen molar-refractivity contribution in [1.82, 2.24) is 5.32 Å². The van der Waals surface area contributed by atoms with Crippen LogP contribution in [0.3, 0.4) is 0 Å². The van der Waals surface area contributed by atoms with Gasteiger partial charge in [-0.25, -0.2) is 4.79 Å². The molecule has 0 aliphatic carbocycles. The van der Waals surface area contributed by atoms with Crippen molar-refractivity contribution in [2.24, 2.45) is 0 Å². The molecule has 31 heavy (non-hydrogen) atoms. The van der Waals surface area contributed by atoms with E-state index in [1.807, 2.05) is 12.1 Å². The van der Waals surface area contributed by atoms with E-state index in [-0.39, 0.29) is 5.41 Å². The number of ether oxygens (including phenoxy) is 3. The predicted octanol–water partition coefficient (Wildman–Crippen LogP) is 3.51. The van der Waals surface area contributed by atoms with E-state index in [1.54, 1.807) is 30.3 Å². The number of amides is 2. The van der Waals surface area contributed by atoms with Crippen LogP contribution >= 0.6 is 0 Å². The number of hydrogen-bond donors (Lipinski definition) is 1. The van der Waals surface area contributed by atoms with Gasteiger partial charge in [-0.2, -0.15) is 0 Å². The fourth-order valence-corrected chi connectivity index (χ4v) is 2.67. The van der Waals surface area contributed by atoms with Gasteiger partial charge in [0.2, 0.25) is 0 Å². The highest BCUT2D eigenvalue weighted by atomic mass is 16.5. The summed E-state index contributed by atoms with van der Waals surface area (Å²) in [4.78, 5) is 36.1. The molecule has 0 saturated heterocycles. The van der Waals surface area contributed by atoms with Crippen LogP contribution in [0.15, 0.2) is 48.5 Å². The third-order valence-corrected chi connectivity index (χ3v) is 4.45. The maximum absolute atomic E-state index is 12.2. The van der Waals surface area contributed by atoms with Gasteiger partial charge in [0.1, 0.15) is 11.5 Å². The van der Waals surface area contributed by atoms with Crippen molar-refractivity contribution in [3.05, 3.63) is 65.2 Å². The van der Waals surface area contributed by atoms with Crippen LogP contribution in [0, 0.1) is 0 Å². The van der Waals surface area contributed by atoms with Crippen molar-refractivity contribution in [3.63, 3.8) is 0 Å². The quantitative estimate of drug-likeness (QED) is 0.539. The molecule has 2 amide bonds. The summed E-state index contributed by atoms with van der Waals surface area (Å²) in [7, 11) is 3.04. The zero-order valence-corrected chi connectivity index (χ0v) is 18.4. The normalized spacial score (nSPS) is 11.1. The molecule has 2 aromatic rings. The summed E-state index contributed by atoms with van der Waals surface area (Å²) < 4.78 is 15.3. The Hall–Kier alpha value is -3.61. The lowest BCUT2D eigenvalue weighted by molar-refractivity contribution is -0.143. The van der Waals surface area contributed by atoms with Crippen LogP contribution in [0.25, 0.3) is 6.08 Å². The number of carbonyl (C=O) groups is 3. The predicted molar refractivity (Wildman–Crippen MR) is 117 cm³/mol. The van der Waals surface area contributed by atoms with Gasteiger partial charge >= 0.3 is 5.97 Å². The minimum absolute atomic E-state index is 0.0402. The number of benzene rings is 2. The van der Waals surface area contributed by atoms with E-state index < -0.39 is 24.4 Å². The van der Waals surface area contributed by atoms with Gasteiger partial charge in [0.25, 0.3) is 11.8 Å². The molecule has 2 aromatic carbocycles. The van der Waals surface area contributed by atoms with Gasteiger partial charge in [0, 0.05) is 17.2 Å². The van der Waals surface area contributed by atoms with E-state index in [1.165, 1.54) is 20.3 Å². The second-order valence-electron chi connectivity index (χ2n) is 7.75. The lowest BCUT2D eigenvalue weighted by atomic mass is 9.87. The Morgan fingerprint density at radius 3 is 2.23 bits per heavy atom. The number of carbonyl (C=O) groups excluding carboxylic acids is 3. The van der Waals surface area contributed by atoms with Crippen molar-refractivity contribution in [3.8, 4) is 11.5 Å². The Balaban J connectivity index is 1.89. The molecule has 0 fully saturated rings. The molecule has 0 aliphatic heterocycles. The largest absolute Gasteiger partial charge is 0.497 e. The molecular formula is C24H27NO6. The van der Waals surface area contributed by atoms with Crippen LogP contribution < -0.4 is 14.8 Å². The van der Waals surface area contributed by atoms with E-state index in [0.717, 1.165) is 11.6 Å². The SMILES string of the molecule is COc1ccc(OC)c(/C=C/C(=O)OCC(=O)NC(=O)c2ccc(C(C)(C)C)cc2)c1. The third-order valence-electron chi connectivity index (χ3n) is 4.45. The molecule has 0 spiro atoms. The van der Waals surface area contributed by atoms with Crippen LogP contribution in [0.4, 0.5) is 0 Å². The van der Waals surface area contributed by atoms with E-state index >= 15 is 0 Å². The molecular weight excluding hydrogens is 398 g/mol. The summed E-state index contributed by atoms with van der Waals surface area (Å²) in [6.45, 7) is 5.63. The van der Waals surface area contributed by atoms with Crippen molar-refractivity contribution in [1.29, 1.82) is 0 Å². The number of nitrogens with one attached hydrogen (secondary N) is 1. The molecule has 0 aliphatic rings. The molecule has 7 heteroatoms. The highest BCUT2D eigenvalue weighted by molar-refractivity contribution is 6.05. The van der Waals surface area contributed by atoms with Gasteiger partial charge in [-0.05, 0) is 47.4 Å². The highest BCUT2D eigenvalue weighted by Gasteiger charge is 2.16. The Kier molecular flexibility index (Phi) is 7.96. The fourth-order valence-electron chi connectivity index (χ4n) is 2.67. The maximum Gasteiger partial charge on any atom is 0.331 e. The number of rotatable bonds is 7. The van der Waals surface area contributed by atoms with Crippen molar-refractivity contribution >= 4 is 23.9 Å². The summed E-state index contributed by atoms with van der Waals surface area (Å²) >= 11 is 0. The van der Waals surface area contributed by atoms with Gasteiger partial charge < -0.3 is 14.2 Å². The van der Waals surface area contributed by atoms with Gasteiger partial charge in [0.05, 0.1) is 14.2 Å². The molecule has 164 valence electrons. The van der Waals surface area contributed by atoms with E-state index in [9.17, 15) is 14.4 Å². The van der Waals surface area contributed by atoms with Crippen LogP contribution in [0.1, 0.15) is 42.3 Å². The van der Waals surface area contributed by atoms with Gasteiger partial charge in [-0.3, -0.25) is 14.9 Å². The number of esters is 1. The zero-order valence-electron chi connectivity index (χ0n) is 18.4. The molecule has 2 rings (SSSR count). The van der Waals surface area contributed by atoms with Crippen molar-refractivity contribution in [2.45, 2.75) is 26.2 Å². The van der Waals surface area contributed by atoms with Crippen LogP contribution in [-0.2, 0) is 19.7 Å². The second-order valence-corrected chi connectivity index (χ2v) is 7.75. The smallest absolute Gasteiger partial charge is 0.331 e.